The predicted molar refractivity (Wildman–Crippen MR) is 96.7 cm³/mol. The summed E-state index contributed by atoms with van der Waals surface area (Å²) in [5.41, 5.74) is 0.593. The zero-order valence-corrected chi connectivity index (χ0v) is 15.9. The number of hydrogen-bond acceptors (Lipinski definition) is 4. The van der Waals surface area contributed by atoms with Crippen molar-refractivity contribution in [2.75, 3.05) is 18.1 Å². The molecule has 1 heterocycles. The lowest BCUT2D eigenvalue weighted by molar-refractivity contribution is -0.113. The van der Waals surface area contributed by atoms with Gasteiger partial charge in [0.15, 0.2) is 0 Å². The number of nitrogens with zero attached hydrogens (tertiary/aromatic N) is 1. The van der Waals surface area contributed by atoms with Crippen LogP contribution < -0.4 is 5.32 Å². The van der Waals surface area contributed by atoms with E-state index in [0.717, 1.165) is 24.2 Å². The molecule has 0 unspecified atom stereocenters. The minimum Gasteiger partial charge on any atom is -0.324 e. The number of nitrogens with one attached hydrogen (secondary N) is 1. The Morgan fingerprint density at radius 2 is 2.00 bits per heavy atom. The third-order valence-electron chi connectivity index (χ3n) is 5.39. The maximum Gasteiger partial charge on any atom is 0.243 e. The summed E-state index contributed by atoms with van der Waals surface area (Å²) in [7, 11) is -1.89. The molecular weight excluding hydrogens is 344 g/mol. The van der Waals surface area contributed by atoms with Gasteiger partial charge in [0.05, 0.1) is 16.3 Å². The van der Waals surface area contributed by atoms with Crippen LogP contribution in [0.4, 0.5) is 5.69 Å². The molecule has 0 saturated heterocycles. The van der Waals surface area contributed by atoms with Gasteiger partial charge in [0.25, 0.3) is 0 Å². The van der Waals surface area contributed by atoms with E-state index in [0.29, 0.717) is 23.3 Å². The number of amides is 1. The van der Waals surface area contributed by atoms with Crippen molar-refractivity contribution in [2.24, 2.45) is 11.8 Å². The highest BCUT2D eigenvalue weighted by Gasteiger charge is 2.36. The van der Waals surface area contributed by atoms with Gasteiger partial charge in [-0.25, -0.2) is 8.42 Å². The molecule has 1 aliphatic carbocycles. The second-order valence-corrected chi connectivity index (χ2v) is 9.87. The van der Waals surface area contributed by atoms with Crippen LogP contribution in [0.5, 0.6) is 0 Å². The molecule has 1 amide bonds. The van der Waals surface area contributed by atoms with Gasteiger partial charge in [0, 0.05) is 18.0 Å². The molecule has 24 heavy (non-hydrogen) atoms. The van der Waals surface area contributed by atoms with Crippen LogP contribution in [0.1, 0.15) is 33.1 Å². The Hall–Kier alpha value is -1.05. The number of hydrogen-bond donors (Lipinski definition) is 1. The van der Waals surface area contributed by atoms with Crippen molar-refractivity contribution in [2.45, 2.75) is 48.9 Å². The summed E-state index contributed by atoms with van der Waals surface area (Å²) in [4.78, 5) is 12.7. The van der Waals surface area contributed by atoms with Gasteiger partial charge in [-0.3, -0.25) is 4.79 Å². The number of carbonyl (C=O) groups is 1. The fourth-order valence-corrected chi connectivity index (χ4v) is 5.92. The van der Waals surface area contributed by atoms with Crippen LogP contribution in [0.15, 0.2) is 28.0 Å². The van der Waals surface area contributed by atoms with E-state index in [2.05, 4.69) is 19.2 Å². The van der Waals surface area contributed by atoms with Crippen LogP contribution in [0, 0.1) is 11.8 Å². The van der Waals surface area contributed by atoms with Crippen LogP contribution in [-0.2, 0) is 14.8 Å². The Balaban J connectivity index is 1.90. The zero-order chi connectivity index (χ0) is 17.5. The van der Waals surface area contributed by atoms with E-state index in [-0.39, 0.29) is 16.8 Å². The number of sulfonamides is 1. The number of carbonyl (C=O) groups excluding carboxylic acids is 1. The highest BCUT2D eigenvalue weighted by molar-refractivity contribution is 8.00. The molecule has 3 rings (SSSR count). The van der Waals surface area contributed by atoms with E-state index in [1.54, 1.807) is 25.2 Å². The SMILES string of the molecule is C[C@H]1[C@H](C)CCC[C@@H]1N(C)S(=O)(=O)c1ccc2c(c1)NC(=O)CS2. The molecule has 0 aromatic heterocycles. The first kappa shape index (κ1) is 17.8. The number of thioether (sulfide) groups is 1. The predicted octanol–water partition coefficient (Wildman–Crippen LogP) is 3.18. The molecule has 2 aliphatic rings. The van der Waals surface area contributed by atoms with Gasteiger partial charge in [0.2, 0.25) is 15.9 Å². The lowest BCUT2D eigenvalue weighted by Crippen LogP contribution is -2.44. The summed E-state index contributed by atoms with van der Waals surface area (Å²) < 4.78 is 27.6. The monoisotopic (exact) mass is 368 g/mol. The van der Waals surface area contributed by atoms with Gasteiger partial charge in [-0.2, -0.15) is 4.31 Å². The highest BCUT2D eigenvalue weighted by atomic mass is 32.2. The number of fused-ring (bicyclic) bond motifs is 1. The van der Waals surface area contributed by atoms with Crippen molar-refractivity contribution in [1.29, 1.82) is 0 Å². The van der Waals surface area contributed by atoms with Gasteiger partial charge < -0.3 is 5.32 Å². The zero-order valence-electron chi connectivity index (χ0n) is 14.3. The van der Waals surface area contributed by atoms with E-state index < -0.39 is 10.0 Å². The average molecular weight is 369 g/mol. The largest absolute Gasteiger partial charge is 0.324 e. The average Bonchev–Trinajstić information content (AvgIpc) is 2.56. The minimum atomic E-state index is -3.57. The second kappa shape index (κ2) is 6.69. The van der Waals surface area contributed by atoms with E-state index in [4.69, 9.17) is 0 Å². The molecule has 0 bridgehead atoms. The van der Waals surface area contributed by atoms with Crippen LogP contribution >= 0.6 is 11.8 Å². The lowest BCUT2D eigenvalue weighted by Gasteiger charge is -2.39. The van der Waals surface area contributed by atoms with Gasteiger partial charge in [-0.1, -0.05) is 26.7 Å². The van der Waals surface area contributed by atoms with Crippen molar-refractivity contribution >= 4 is 33.4 Å². The molecular formula is C17H24N2O3S2. The van der Waals surface area contributed by atoms with Crippen LogP contribution in [0.3, 0.4) is 0 Å². The first-order valence-corrected chi connectivity index (χ1v) is 10.8. The number of anilines is 1. The van der Waals surface area contributed by atoms with E-state index >= 15 is 0 Å². The molecule has 1 aromatic carbocycles. The van der Waals surface area contributed by atoms with E-state index in [1.807, 2.05) is 0 Å². The summed E-state index contributed by atoms with van der Waals surface area (Å²) in [6, 6.07) is 5.04. The lowest BCUT2D eigenvalue weighted by atomic mass is 9.78. The maximum absolute atomic E-state index is 13.1. The van der Waals surface area contributed by atoms with Crippen molar-refractivity contribution in [3.05, 3.63) is 18.2 Å². The maximum atomic E-state index is 13.1. The summed E-state index contributed by atoms with van der Waals surface area (Å²) in [5.74, 6) is 1.15. The highest BCUT2D eigenvalue weighted by Crippen LogP contribution is 2.37. The molecule has 1 aliphatic heterocycles. The quantitative estimate of drug-likeness (QED) is 0.890. The van der Waals surface area contributed by atoms with Gasteiger partial charge in [-0.15, -0.1) is 11.8 Å². The molecule has 1 aromatic rings. The molecule has 1 fully saturated rings. The Labute approximate surface area is 148 Å². The smallest absolute Gasteiger partial charge is 0.243 e. The van der Waals surface area contributed by atoms with Crippen molar-refractivity contribution in [3.63, 3.8) is 0 Å². The van der Waals surface area contributed by atoms with Crippen LogP contribution in [-0.4, -0.2) is 37.5 Å². The molecule has 132 valence electrons. The molecule has 1 saturated carbocycles. The van der Waals surface area contributed by atoms with E-state index in [1.165, 1.54) is 16.1 Å². The first-order chi connectivity index (χ1) is 11.3. The van der Waals surface area contributed by atoms with E-state index in [9.17, 15) is 13.2 Å². The molecule has 0 radical (unpaired) electrons. The molecule has 0 spiro atoms. The normalized spacial score (nSPS) is 27.7. The fourth-order valence-electron chi connectivity index (χ4n) is 3.63. The Bertz CT molecular complexity index is 748. The molecule has 1 N–H and O–H groups in total. The fraction of sp³-hybridized carbons (Fsp3) is 0.588. The van der Waals surface area contributed by atoms with Gasteiger partial charge >= 0.3 is 0 Å². The molecule has 3 atom stereocenters. The first-order valence-electron chi connectivity index (χ1n) is 8.35. The third-order valence-corrected chi connectivity index (χ3v) is 8.34. The molecule has 7 heteroatoms. The summed E-state index contributed by atoms with van der Waals surface area (Å²) in [6.07, 6.45) is 3.12. The van der Waals surface area contributed by atoms with Crippen molar-refractivity contribution < 1.29 is 13.2 Å². The van der Waals surface area contributed by atoms with Crippen LogP contribution in [0.2, 0.25) is 0 Å². The minimum absolute atomic E-state index is 0.0266. The van der Waals surface area contributed by atoms with Crippen molar-refractivity contribution in [3.8, 4) is 0 Å². The summed E-state index contributed by atoms with van der Waals surface area (Å²) >= 11 is 1.43. The summed E-state index contributed by atoms with van der Waals surface area (Å²) in [5, 5.41) is 2.76. The Morgan fingerprint density at radius 3 is 2.75 bits per heavy atom. The number of benzene rings is 1. The Morgan fingerprint density at radius 1 is 1.25 bits per heavy atom. The Kier molecular flexibility index (Phi) is 4.95. The van der Waals surface area contributed by atoms with Crippen molar-refractivity contribution in [1.82, 2.24) is 4.31 Å². The van der Waals surface area contributed by atoms with Gasteiger partial charge in [-0.05, 0) is 36.5 Å². The second-order valence-electron chi connectivity index (χ2n) is 6.85. The topological polar surface area (TPSA) is 66.5 Å². The standard InChI is InChI=1S/C17H24N2O3S2/c1-11-5-4-6-15(12(11)2)19(3)24(21,22)13-7-8-16-14(9-13)18-17(20)10-23-16/h7-9,11-12,15H,4-6,10H2,1-3H3,(H,18,20)/t11-,12+,15+/m1/s1. The number of rotatable bonds is 3. The third kappa shape index (κ3) is 3.21. The van der Waals surface area contributed by atoms with Gasteiger partial charge in [0.1, 0.15) is 0 Å². The van der Waals surface area contributed by atoms with Crippen LogP contribution in [0.25, 0.3) is 0 Å². The molecule has 5 nitrogen and oxygen atoms in total. The summed E-state index contributed by atoms with van der Waals surface area (Å²) in [6.45, 7) is 4.34.